The summed E-state index contributed by atoms with van der Waals surface area (Å²) >= 11 is 0. The zero-order valence-corrected chi connectivity index (χ0v) is 6.82. The Kier molecular flexibility index (Phi) is 4.60. The highest BCUT2D eigenvalue weighted by Crippen LogP contribution is 2.11. The Morgan fingerprint density at radius 2 is 1.82 bits per heavy atom. The summed E-state index contributed by atoms with van der Waals surface area (Å²) in [6, 6.07) is 0. The van der Waals surface area contributed by atoms with Gasteiger partial charge >= 0.3 is 0 Å². The number of aliphatic hydroxyl groups is 3. The summed E-state index contributed by atoms with van der Waals surface area (Å²) in [6.07, 6.45) is 0.926. The van der Waals surface area contributed by atoms with Gasteiger partial charge in [0.25, 0.3) is 0 Å². The zero-order valence-electron chi connectivity index (χ0n) is 6.82. The van der Waals surface area contributed by atoms with E-state index in [1.807, 2.05) is 0 Å². The first-order valence-corrected chi connectivity index (χ1v) is 3.72. The van der Waals surface area contributed by atoms with Crippen molar-refractivity contribution < 1.29 is 15.3 Å². The zero-order chi connectivity index (χ0) is 8.91. The fourth-order valence-corrected chi connectivity index (χ4v) is 0.737. The van der Waals surface area contributed by atoms with Gasteiger partial charge in [0.15, 0.2) is 0 Å². The maximum Gasteiger partial charge on any atom is 0.110 e. The predicted octanol–water partition coefficient (Wildman–Crippen LogP) is -0.965. The lowest BCUT2D eigenvalue weighted by atomic mass is 10.0. The summed E-state index contributed by atoms with van der Waals surface area (Å²) < 4.78 is 0. The Hall–Kier alpha value is -0.160. The van der Waals surface area contributed by atoms with Crippen molar-refractivity contribution >= 4 is 0 Å². The van der Waals surface area contributed by atoms with Crippen LogP contribution in [0.5, 0.6) is 0 Å². The Labute approximate surface area is 66.7 Å². The van der Waals surface area contributed by atoms with Gasteiger partial charge in [-0.3, -0.25) is 0 Å². The Morgan fingerprint density at radius 3 is 2.09 bits per heavy atom. The molecule has 68 valence electrons. The molecule has 0 aliphatic carbocycles. The van der Waals surface area contributed by atoms with Crippen LogP contribution < -0.4 is 5.73 Å². The van der Waals surface area contributed by atoms with Gasteiger partial charge in [-0.1, -0.05) is 0 Å². The molecule has 0 bridgehead atoms. The molecule has 0 saturated carbocycles. The second kappa shape index (κ2) is 4.66. The molecule has 4 heteroatoms. The molecular formula is C7H17NO3. The topological polar surface area (TPSA) is 86.7 Å². The molecule has 0 aliphatic heterocycles. The van der Waals surface area contributed by atoms with Crippen molar-refractivity contribution in [3.8, 4) is 0 Å². The third-order valence-electron chi connectivity index (χ3n) is 1.58. The van der Waals surface area contributed by atoms with Gasteiger partial charge in [-0.05, 0) is 19.8 Å². The van der Waals surface area contributed by atoms with Gasteiger partial charge in [-0.2, -0.15) is 0 Å². The molecule has 4 nitrogen and oxygen atoms in total. The lowest BCUT2D eigenvalue weighted by Gasteiger charge is -2.19. The van der Waals surface area contributed by atoms with Crippen molar-refractivity contribution in [3.63, 3.8) is 0 Å². The summed E-state index contributed by atoms with van der Waals surface area (Å²) in [6.45, 7) is 1.37. The standard InChI is InChI=1S/C7H17NO3/c1-7(8,11)3-2-6(4-9)5-10/h6,9-11H,2-5,8H2,1H3. The van der Waals surface area contributed by atoms with Gasteiger partial charge in [-0.15, -0.1) is 0 Å². The van der Waals surface area contributed by atoms with E-state index in [0.29, 0.717) is 12.8 Å². The molecule has 0 radical (unpaired) electrons. The molecule has 0 heterocycles. The highest BCUT2D eigenvalue weighted by Gasteiger charge is 2.15. The van der Waals surface area contributed by atoms with Crippen molar-refractivity contribution in [1.29, 1.82) is 0 Å². The van der Waals surface area contributed by atoms with E-state index < -0.39 is 5.72 Å². The molecule has 0 saturated heterocycles. The van der Waals surface area contributed by atoms with Crippen molar-refractivity contribution in [2.45, 2.75) is 25.5 Å². The number of rotatable bonds is 5. The number of nitrogens with two attached hydrogens (primary N) is 1. The quantitative estimate of drug-likeness (QED) is 0.393. The second-order valence-corrected chi connectivity index (χ2v) is 3.13. The molecule has 5 N–H and O–H groups in total. The lowest BCUT2D eigenvalue weighted by molar-refractivity contribution is 0.0409. The molecule has 11 heavy (non-hydrogen) atoms. The fraction of sp³-hybridized carbons (Fsp3) is 1.00. The van der Waals surface area contributed by atoms with Crippen molar-refractivity contribution in [2.24, 2.45) is 11.7 Å². The van der Waals surface area contributed by atoms with Crippen LogP contribution in [0.4, 0.5) is 0 Å². The minimum Gasteiger partial charge on any atom is -0.396 e. The Bertz CT molecular complexity index is 96.3. The summed E-state index contributed by atoms with van der Waals surface area (Å²) in [4.78, 5) is 0. The van der Waals surface area contributed by atoms with Crippen molar-refractivity contribution in [1.82, 2.24) is 0 Å². The third kappa shape index (κ3) is 6.25. The minimum absolute atomic E-state index is 0.0629. The first kappa shape index (κ1) is 10.8. The number of hydrogen-bond acceptors (Lipinski definition) is 4. The molecule has 0 aliphatic rings. The molecular weight excluding hydrogens is 146 g/mol. The van der Waals surface area contributed by atoms with Gasteiger partial charge in [-0.25, -0.2) is 0 Å². The first-order valence-electron chi connectivity index (χ1n) is 3.72. The van der Waals surface area contributed by atoms with Crippen LogP contribution in [0.25, 0.3) is 0 Å². The van der Waals surface area contributed by atoms with Crippen LogP contribution in [0.15, 0.2) is 0 Å². The van der Waals surface area contributed by atoms with Gasteiger partial charge in [0.05, 0.1) is 0 Å². The largest absolute Gasteiger partial charge is 0.396 e. The molecule has 0 fully saturated rings. The van der Waals surface area contributed by atoms with Crippen molar-refractivity contribution in [3.05, 3.63) is 0 Å². The van der Waals surface area contributed by atoms with E-state index in [1.54, 1.807) is 0 Å². The van der Waals surface area contributed by atoms with Crippen LogP contribution in [0.2, 0.25) is 0 Å². The minimum atomic E-state index is -1.19. The summed E-state index contributed by atoms with van der Waals surface area (Å²) in [5.41, 5.74) is 4.09. The van der Waals surface area contributed by atoms with Gasteiger partial charge in [0, 0.05) is 19.1 Å². The molecule has 0 aromatic heterocycles. The molecule has 0 amide bonds. The van der Waals surface area contributed by atoms with Crippen LogP contribution in [-0.2, 0) is 0 Å². The van der Waals surface area contributed by atoms with E-state index in [-0.39, 0.29) is 19.1 Å². The van der Waals surface area contributed by atoms with Crippen LogP contribution in [0, 0.1) is 5.92 Å². The molecule has 0 rings (SSSR count). The predicted molar refractivity (Wildman–Crippen MR) is 41.7 cm³/mol. The van der Waals surface area contributed by atoms with Crippen LogP contribution >= 0.6 is 0 Å². The molecule has 0 aromatic carbocycles. The Morgan fingerprint density at radius 1 is 1.36 bits per heavy atom. The van der Waals surface area contributed by atoms with E-state index in [0.717, 1.165) is 0 Å². The summed E-state index contributed by atoms with van der Waals surface area (Å²) in [5.74, 6) is -0.162. The smallest absolute Gasteiger partial charge is 0.110 e. The Balaban J connectivity index is 3.51. The van der Waals surface area contributed by atoms with E-state index >= 15 is 0 Å². The third-order valence-corrected chi connectivity index (χ3v) is 1.58. The molecule has 1 atom stereocenters. The van der Waals surface area contributed by atoms with E-state index in [9.17, 15) is 0 Å². The monoisotopic (exact) mass is 163 g/mol. The van der Waals surface area contributed by atoms with E-state index in [4.69, 9.17) is 21.1 Å². The van der Waals surface area contributed by atoms with E-state index in [2.05, 4.69) is 0 Å². The maximum absolute atomic E-state index is 9.07. The molecule has 0 aromatic rings. The highest BCUT2D eigenvalue weighted by molar-refractivity contribution is 4.66. The molecule has 1 unspecified atom stereocenters. The lowest BCUT2D eigenvalue weighted by Crippen LogP contribution is -2.36. The van der Waals surface area contributed by atoms with Gasteiger partial charge in [0.1, 0.15) is 5.72 Å². The first-order chi connectivity index (χ1) is 4.99. The average Bonchev–Trinajstić information content (AvgIpc) is 1.88. The molecule has 0 spiro atoms. The van der Waals surface area contributed by atoms with Crippen LogP contribution in [0.3, 0.4) is 0 Å². The van der Waals surface area contributed by atoms with Crippen LogP contribution in [0.1, 0.15) is 19.8 Å². The fourth-order valence-electron chi connectivity index (χ4n) is 0.737. The van der Waals surface area contributed by atoms with Crippen LogP contribution in [-0.4, -0.2) is 34.3 Å². The summed E-state index contributed by atoms with van der Waals surface area (Å²) in [7, 11) is 0. The summed E-state index contributed by atoms with van der Waals surface area (Å²) in [5, 5.41) is 26.4. The maximum atomic E-state index is 9.07. The van der Waals surface area contributed by atoms with Crippen molar-refractivity contribution in [2.75, 3.05) is 13.2 Å². The van der Waals surface area contributed by atoms with Gasteiger partial charge < -0.3 is 21.1 Å². The SMILES string of the molecule is CC(N)(O)CCC(CO)CO. The van der Waals surface area contributed by atoms with E-state index in [1.165, 1.54) is 6.92 Å². The average molecular weight is 163 g/mol. The normalized spacial score (nSPS) is 16.9. The number of aliphatic hydroxyl groups excluding tert-OH is 2. The van der Waals surface area contributed by atoms with Gasteiger partial charge in [0.2, 0.25) is 0 Å². The highest BCUT2D eigenvalue weighted by atomic mass is 16.3. The second-order valence-electron chi connectivity index (χ2n) is 3.13. The number of hydrogen-bond donors (Lipinski definition) is 4.